The van der Waals surface area contributed by atoms with Crippen LogP contribution in [0, 0.1) is 0 Å². The Labute approximate surface area is 333 Å². The fraction of sp³-hybridized carbons (Fsp3) is 0.391. The summed E-state index contributed by atoms with van der Waals surface area (Å²) in [5.41, 5.74) is 6.68. The summed E-state index contributed by atoms with van der Waals surface area (Å²) in [5.74, 6) is -0.102. The van der Waals surface area contributed by atoms with Crippen molar-refractivity contribution in [1.29, 1.82) is 0 Å². The summed E-state index contributed by atoms with van der Waals surface area (Å²) in [6.07, 6.45) is 4.42. The van der Waals surface area contributed by atoms with Crippen molar-refractivity contribution in [3.63, 3.8) is 0 Å². The Morgan fingerprint density at radius 3 is 2.12 bits per heavy atom. The summed E-state index contributed by atoms with van der Waals surface area (Å²) in [7, 11) is 0. The lowest BCUT2D eigenvalue weighted by atomic mass is 9.69. The molecule has 294 valence electrons. The number of phenols is 1. The molecule has 0 saturated carbocycles. The first-order valence-electron chi connectivity index (χ1n) is 20.5. The van der Waals surface area contributed by atoms with Gasteiger partial charge in [0.25, 0.3) is 11.8 Å². The van der Waals surface area contributed by atoms with E-state index < -0.39 is 23.8 Å². The van der Waals surface area contributed by atoms with Gasteiger partial charge in [-0.2, -0.15) is 0 Å². The molecule has 11 nitrogen and oxygen atoms in total. The molecule has 3 saturated heterocycles. The van der Waals surface area contributed by atoms with E-state index >= 15 is 0 Å². The number of hydrogen-bond acceptors (Lipinski definition) is 9. The Balaban J connectivity index is 0.742. The van der Waals surface area contributed by atoms with Crippen molar-refractivity contribution in [3.05, 3.63) is 124 Å². The van der Waals surface area contributed by atoms with E-state index in [0.29, 0.717) is 22.8 Å². The van der Waals surface area contributed by atoms with Crippen LogP contribution in [0.5, 0.6) is 11.5 Å². The third-order valence-corrected chi connectivity index (χ3v) is 12.8. The Hall–Kier alpha value is -5.52. The highest BCUT2D eigenvalue weighted by Crippen LogP contribution is 2.47. The van der Waals surface area contributed by atoms with Gasteiger partial charge in [-0.15, -0.1) is 0 Å². The van der Waals surface area contributed by atoms with E-state index in [0.717, 1.165) is 94.4 Å². The number of aromatic hydroxyl groups is 1. The van der Waals surface area contributed by atoms with Gasteiger partial charge in [0, 0.05) is 70.4 Å². The van der Waals surface area contributed by atoms with Gasteiger partial charge in [0.1, 0.15) is 23.6 Å². The lowest BCUT2D eigenvalue weighted by molar-refractivity contribution is -0.136. The van der Waals surface area contributed by atoms with E-state index in [1.807, 2.05) is 18.2 Å². The topological polar surface area (TPSA) is 123 Å². The number of phenolic OH excluding ortho intramolecular Hbond substituents is 1. The Kier molecular flexibility index (Phi) is 10.3. The van der Waals surface area contributed by atoms with E-state index in [-0.39, 0.29) is 30.8 Å². The van der Waals surface area contributed by atoms with Gasteiger partial charge in [0.2, 0.25) is 11.8 Å². The summed E-state index contributed by atoms with van der Waals surface area (Å²) < 4.78 is 6.53. The van der Waals surface area contributed by atoms with Crippen molar-refractivity contribution in [2.45, 2.75) is 62.5 Å². The molecule has 0 radical (unpaired) electrons. The molecule has 4 aromatic rings. The molecule has 57 heavy (non-hydrogen) atoms. The van der Waals surface area contributed by atoms with Gasteiger partial charge in [0.15, 0.2) is 0 Å². The fourth-order valence-electron chi connectivity index (χ4n) is 9.64. The summed E-state index contributed by atoms with van der Waals surface area (Å²) in [5, 5.41) is 12.4. The molecule has 4 amide bonds. The molecule has 0 spiro atoms. The Bertz CT molecular complexity index is 2160. The van der Waals surface area contributed by atoms with Crippen molar-refractivity contribution < 1.29 is 29.0 Å². The predicted molar refractivity (Wildman–Crippen MR) is 216 cm³/mol. The van der Waals surface area contributed by atoms with Crippen LogP contribution in [0.25, 0.3) is 0 Å². The number of likely N-dealkylation sites (tertiary alicyclic amines) is 1. The van der Waals surface area contributed by atoms with E-state index in [4.69, 9.17) is 4.74 Å². The number of nitrogens with zero attached hydrogens (tertiary/aromatic N) is 4. The molecule has 1 aliphatic carbocycles. The molecule has 0 aromatic heterocycles. The van der Waals surface area contributed by atoms with Crippen molar-refractivity contribution in [1.82, 2.24) is 20.0 Å². The summed E-state index contributed by atoms with van der Waals surface area (Å²) >= 11 is 0. The third-order valence-electron chi connectivity index (χ3n) is 12.8. The SMILES string of the molecule is O=C1CCC(N2C(=O)c3ccc(N4CCN(CCN5CCC(Oc6ccc(C7c8ccc(O)cc8CCC7c7ccccc7)cc6)CC5)CC4)cc3C2=O)C(=O)N1. The zero-order valence-corrected chi connectivity index (χ0v) is 32.1. The first kappa shape index (κ1) is 37.1. The second-order valence-corrected chi connectivity index (χ2v) is 16.2. The highest BCUT2D eigenvalue weighted by atomic mass is 16.5. The van der Waals surface area contributed by atoms with Gasteiger partial charge >= 0.3 is 0 Å². The lowest BCUT2D eigenvalue weighted by Gasteiger charge is -2.38. The quantitative estimate of drug-likeness (QED) is 0.218. The van der Waals surface area contributed by atoms with Crippen molar-refractivity contribution >= 4 is 29.3 Å². The number of piperazine rings is 1. The zero-order chi connectivity index (χ0) is 39.0. The third kappa shape index (κ3) is 7.54. The summed E-state index contributed by atoms with van der Waals surface area (Å²) in [6, 6.07) is 29.8. The second-order valence-electron chi connectivity index (χ2n) is 16.2. The first-order chi connectivity index (χ1) is 27.8. The molecule has 4 heterocycles. The molecule has 11 heteroatoms. The van der Waals surface area contributed by atoms with Crippen molar-refractivity contribution in [2.24, 2.45) is 0 Å². The van der Waals surface area contributed by atoms with E-state index in [9.17, 15) is 24.3 Å². The molecule has 0 bridgehead atoms. The molecule has 3 unspecified atom stereocenters. The average Bonchev–Trinajstić information content (AvgIpc) is 3.48. The van der Waals surface area contributed by atoms with Gasteiger partial charge in [-0.05, 0) is 103 Å². The summed E-state index contributed by atoms with van der Waals surface area (Å²) in [4.78, 5) is 58.8. The summed E-state index contributed by atoms with van der Waals surface area (Å²) in [6.45, 7) is 7.46. The van der Waals surface area contributed by atoms with Gasteiger partial charge in [-0.1, -0.05) is 48.5 Å². The van der Waals surface area contributed by atoms with E-state index in [1.54, 1.807) is 12.1 Å². The van der Waals surface area contributed by atoms with E-state index in [2.05, 4.69) is 80.7 Å². The number of fused-ring (bicyclic) bond motifs is 2. The van der Waals surface area contributed by atoms with Gasteiger partial charge in [-0.3, -0.25) is 34.3 Å². The number of amides is 4. The molecule has 5 aliphatic rings. The van der Waals surface area contributed by atoms with Crippen LogP contribution in [0.3, 0.4) is 0 Å². The smallest absolute Gasteiger partial charge is 0.262 e. The largest absolute Gasteiger partial charge is 0.508 e. The van der Waals surface area contributed by atoms with Gasteiger partial charge < -0.3 is 19.6 Å². The number of ether oxygens (including phenoxy) is 1. The normalized spacial score (nSPS) is 23.3. The monoisotopic (exact) mass is 767 g/mol. The van der Waals surface area contributed by atoms with Crippen LogP contribution >= 0.6 is 0 Å². The molecule has 4 aromatic carbocycles. The number of aryl methyl sites for hydroxylation is 1. The fourth-order valence-corrected chi connectivity index (χ4v) is 9.64. The number of anilines is 1. The van der Waals surface area contributed by atoms with Crippen LogP contribution in [0.15, 0.2) is 91.0 Å². The van der Waals surface area contributed by atoms with E-state index in [1.165, 1.54) is 22.3 Å². The van der Waals surface area contributed by atoms with Crippen LogP contribution < -0.4 is 15.0 Å². The minimum absolute atomic E-state index is 0.101. The number of piperidine rings is 2. The highest BCUT2D eigenvalue weighted by molar-refractivity contribution is 6.23. The van der Waals surface area contributed by atoms with Crippen molar-refractivity contribution in [3.8, 4) is 11.5 Å². The molecular formula is C46H49N5O6. The number of nitrogens with one attached hydrogen (secondary N) is 1. The predicted octanol–water partition coefficient (Wildman–Crippen LogP) is 5.32. The van der Waals surface area contributed by atoms with Gasteiger partial charge in [0.05, 0.1) is 11.1 Å². The number of carbonyl (C=O) groups excluding carboxylic acids is 4. The highest BCUT2D eigenvalue weighted by Gasteiger charge is 2.45. The standard InChI is InChI=1S/C46H49N5O6/c52-34-10-15-38-32(28-34)8-13-37(30-4-2-1-3-5-30)43(38)31-6-11-35(12-7-31)57-36-18-20-48(21-19-36)22-23-49-24-26-50(27-25-49)33-9-14-39-40(29-33)46(56)51(45(39)55)41-16-17-42(53)47-44(41)54/h1-7,9-12,14-15,28-29,36-37,41,43,52H,8,13,16-27H2,(H,47,53,54). The molecule has 3 atom stereocenters. The number of carbonyl (C=O) groups is 4. The van der Waals surface area contributed by atoms with Crippen LogP contribution in [0.1, 0.15) is 86.9 Å². The van der Waals surface area contributed by atoms with Crippen molar-refractivity contribution in [2.75, 3.05) is 57.3 Å². The molecule has 4 aliphatic heterocycles. The number of rotatable bonds is 9. The average molecular weight is 768 g/mol. The van der Waals surface area contributed by atoms with Crippen LogP contribution in [-0.2, 0) is 16.0 Å². The molecular weight excluding hydrogens is 719 g/mol. The maximum Gasteiger partial charge on any atom is 0.262 e. The Morgan fingerprint density at radius 2 is 1.39 bits per heavy atom. The van der Waals surface area contributed by atoms with Crippen LogP contribution in [0.2, 0.25) is 0 Å². The minimum atomic E-state index is -0.962. The second kappa shape index (κ2) is 15.8. The first-order valence-corrected chi connectivity index (χ1v) is 20.5. The zero-order valence-electron chi connectivity index (χ0n) is 32.1. The number of benzene rings is 4. The lowest BCUT2D eigenvalue weighted by Crippen LogP contribution is -2.54. The van der Waals surface area contributed by atoms with Gasteiger partial charge in [-0.25, -0.2) is 0 Å². The molecule has 9 rings (SSSR count). The maximum atomic E-state index is 13.3. The van der Waals surface area contributed by atoms with Crippen LogP contribution in [-0.4, -0.2) is 108 Å². The Morgan fingerprint density at radius 1 is 0.667 bits per heavy atom. The minimum Gasteiger partial charge on any atom is -0.508 e. The number of hydrogen-bond donors (Lipinski definition) is 2. The number of imide groups is 2. The van der Waals surface area contributed by atoms with Crippen LogP contribution in [0.4, 0.5) is 5.69 Å². The maximum absolute atomic E-state index is 13.3. The molecule has 3 fully saturated rings. The molecule has 2 N–H and O–H groups in total.